The Morgan fingerprint density at radius 3 is 2.62 bits per heavy atom. The zero-order chi connectivity index (χ0) is 15.2. The Labute approximate surface area is 125 Å². The predicted octanol–water partition coefficient (Wildman–Crippen LogP) is 1.84. The van der Waals surface area contributed by atoms with Gasteiger partial charge in [0.15, 0.2) is 0 Å². The van der Waals surface area contributed by atoms with Crippen LogP contribution in [0.15, 0.2) is 12.1 Å². The standard InChI is InChI=1S/C16H23NO4/c1-3-20-16(18)5-4-8-21-15-7-6-14(19-2)12-9-11(17)10-13(12)15/h6-7,11H,3-5,8-10,17H2,1-2H3. The van der Waals surface area contributed by atoms with Crippen LogP contribution in [0.4, 0.5) is 0 Å². The summed E-state index contributed by atoms with van der Waals surface area (Å²) in [6.07, 6.45) is 2.65. The second-order valence-corrected chi connectivity index (χ2v) is 5.15. The van der Waals surface area contributed by atoms with Crippen LogP contribution in [0.5, 0.6) is 11.5 Å². The normalized spacial score (nSPS) is 16.4. The van der Waals surface area contributed by atoms with Gasteiger partial charge in [0.1, 0.15) is 11.5 Å². The molecule has 5 heteroatoms. The lowest BCUT2D eigenvalue weighted by Crippen LogP contribution is -2.19. The molecule has 21 heavy (non-hydrogen) atoms. The van der Waals surface area contributed by atoms with Gasteiger partial charge in [-0.2, -0.15) is 0 Å². The minimum Gasteiger partial charge on any atom is -0.496 e. The molecule has 116 valence electrons. The van der Waals surface area contributed by atoms with Crippen LogP contribution in [0.25, 0.3) is 0 Å². The Morgan fingerprint density at radius 1 is 1.29 bits per heavy atom. The highest BCUT2D eigenvalue weighted by Crippen LogP contribution is 2.36. The molecule has 0 aromatic heterocycles. The quantitative estimate of drug-likeness (QED) is 0.613. The number of rotatable bonds is 7. The van der Waals surface area contributed by atoms with E-state index in [1.165, 1.54) is 0 Å². The van der Waals surface area contributed by atoms with Gasteiger partial charge in [-0.1, -0.05) is 0 Å². The molecule has 0 radical (unpaired) electrons. The molecule has 5 nitrogen and oxygen atoms in total. The van der Waals surface area contributed by atoms with Crippen molar-refractivity contribution in [2.75, 3.05) is 20.3 Å². The molecule has 0 bridgehead atoms. The molecule has 0 heterocycles. The molecular weight excluding hydrogens is 270 g/mol. The SMILES string of the molecule is CCOC(=O)CCCOc1ccc(OC)c2c1CC(N)C2. The molecule has 0 fully saturated rings. The Morgan fingerprint density at radius 2 is 1.95 bits per heavy atom. The number of methoxy groups -OCH3 is 1. The zero-order valence-corrected chi connectivity index (χ0v) is 12.7. The largest absolute Gasteiger partial charge is 0.496 e. The average Bonchev–Trinajstić information content (AvgIpc) is 2.85. The van der Waals surface area contributed by atoms with Gasteiger partial charge < -0.3 is 19.9 Å². The molecule has 1 aliphatic rings. The predicted molar refractivity (Wildman–Crippen MR) is 79.7 cm³/mol. The summed E-state index contributed by atoms with van der Waals surface area (Å²) >= 11 is 0. The van der Waals surface area contributed by atoms with E-state index >= 15 is 0 Å². The van der Waals surface area contributed by atoms with Crippen LogP contribution >= 0.6 is 0 Å². The Hall–Kier alpha value is -1.75. The molecule has 2 N–H and O–H groups in total. The number of carbonyl (C=O) groups is 1. The van der Waals surface area contributed by atoms with E-state index in [0.29, 0.717) is 26.1 Å². The molecule has 1 aromatic carbocycles. The summed E-state index contributed by atoms with van der Waals surface area (Å²) in [6.45, 7) is 2.72. The summed E-state index contributed by atoms with van der Waals surface area (Å²) in [4.78, 5) is 11.3. The van der Waals surface area contributed by atoms with Crippen molar-refractivity contribution in [3.8, 4) is 11.5 Å². The summed E-state index contributed by atoms with van der Waals surface area (Å²) in [5, 5.41) is 0. The van der Waals surface area contributed by atoms with Crippen molar-refractivity contribution < 1.29 is 19.0 Å². The van der Waals surface area contributed by atoms with Gasteiger partial charge in [-0.3, -0.25) is 4.79 Å². The molecule has 1 aliphatic carbocycles. The second-order valence-electron chi connectivity index (χ2n) is 5.15. The number of carbonyl (C=O) groups excluding carboxylic acids is 1. The molecule has 1 atom stereocenters. The molecule has 0 spiro atoms. The number of nitrogens with two attached hydrogens (primary N) is 1. The molecule has 0 saturated carbocycles. The van der Waals surface area contributed by atoms with E-state index in [1.807, 2.05) is 12.1 Å². The zero-order valence-electron chi connectivity index (χ0n) is 12.7. The molecule has 0 saturated heterocycles. The smallest absolute Gasteiger partial charge is 0.305 e. The van der Waals surface area contributed by atoms with Crippen molar-refractivity contribution >= 4 is 5.97 Å². The van der Waals surface area contributed by atoms with Gasteiger partial charge in [-0.25, -0.2) is 0 Å². The number of hydrogen-bond donors (Lipinski definition) is 1. The van der Waals surface area contributed by atoms with E-state index in [4.69, 9.17) is 19.9 Å². The lowest BCUT2D eigenvalue weighted by atomic mass is 10.1. The maximum absolute atomic E-state index is 11.3. The minimum absolute atomic E-state index is 0.123. The molecule has 2 rings (SSSR count). The van der Waals surface area contributed by atoms with Crippen molar-refractivity contribution in [2.45, 2.75) is 38.6 Å². The third kappa shape index (κ3) is 3.88. The van der Waals surface area contributed by atoms with E-state index < -0.39 is 0 Å². The molecule has 0 aliphatic heterocycles. The number of hydrogen-bond acceptors (Lipinski definition) is 5. The summed E-state index contributed by atoms with van der Waals surface area (Å²) in [5.74, 6) is 1.54. The van der Waals surface area contributed by atoms with Crippen LogP contribution in [-0.4, -0.2) is 32.3 Å². The highest BCUT2D eigenvalue weighted by atomic mass is 16.5. The number of benzene rings is 1. The summed E-state index contributed by atoms with van der Waals surface area (Å²) in [7, 11) is 1.67. The van der Waals surface area contributed by atoms with Crippen molar-refractivity contribution in [3.05, 3.63) is 23.3 Å². The fourth-order valence-corrected chi connectivity index (χ4v) is 2.65. The van der Waals surface area contributed by atoms with Crippen LogP contribution in [0.1, 0.15) is 30.9 Å². The van der Waals surface area contributed by atoms with Crippen molar-refractivity contribution in [2.24, 2.45) is 5.73 Å². The Balaban J connectivity index is 1.93. The van der Waals surface area contributed by atoms with Crippen molar-refractivity contribution in [1.29, 1.82) is 0 Å². The van der Waals surface area contributed by atoms with Gasteiger partial charge in [0.25, 0.3) is 0 Å². The maximum Gasteiger partial charge on any atom is 0.305 e. The fourth-order valence-electron chi connectivity index (χ4n) is 2.65. The third-order valence-corrected chi connectivity index (χ3v) is 3.59. The topological polar surface area (TPSA) is 70.8 Å². The number of esters is 1. The van der Waals surface area contributed by atoms with Gasteiger partial charge in [0.2, 0.25) is 0 Å². The monoisotopic (exact) mass is 293 g/mol. The average molecular weight is 293 g/mol. The van der Waals surface area contributed by atoms with Crippen LogP contribution in [0.3, 0.4) is 0 Å². The first-order valence-corrected chi connectivity index (χ1v) is 7.38. The van der Waals surface area contributed by atoms with E-state index in [0.717, 1.165) is 35.5 Å². The molecule has 1 aromatic rings. The van der Waals surface area contributed by atoms with Crippen LogP contribution in [-0.2, 0) is 22.4 Å². The molecule has 1 unspecified atom stereocenters. The van der Waals surface area contributed by atoms with Gasteiger partial charge >= 0.3 is 5.97 Å². The van der Waals surface area contributed by atoms with Crippen molar-refractivity contribution in [1.82, 2.24) is 0 Å². The summed E-state index contributed by atoms with van der Waals surface area (Å²) in [6, 6.07) is 3.95. The van der Waals surface area contributed by atoms with Crippen molar-refractivity contribution in [3.63, 3.8) is 0 Å². The van der Waals surface area contributed by atoms with Gasteiger partial charge in [-0.05, 0) is 38.3 Å². The lowest BCUT2D eigenvalue weighted by Gasteiger charge is -2.13. The van der Waals surface area contributed by atoms with E-state index in [2.05, 4.69) is 0 Å². The van der Waals surface area contributed by atoms with Gasteiger partial charge in [0.05, 0.1) is 20.3 Å². The number of fused-ring (bicyclic) bond motifs is 1. The first-order chi connectivity index (χ1) is 10.2. The summed E-state index contributed by atoms with van der Waals surface area (Å²) in [5.41, 5.74) is 8.32. The maximum atomic E-state index is 11.3. The summed E-state index contributed by atoms with van der Waals surface area (Å²) < 4.78 is 16.1. The number of ether oxygens (including phenoxy) is 3. The first kappa shape index (κ1) is 15.6. The fraction of sp³-hybridized carbons (Fsp3) is 0.562. The van der Waals surface area contributed by atoms with Gasteiger partial charge in [-0.15, -0.1) is 0 Å². The van der Waals surface area contributed by atoms with Crippen LogP contribution < -0.4 is 15.2 Å². The second kappa shape index (κ2) is 7.31. The van der Waals surface area contributed by atoms with E-state index in [1.54, 1.807) is 14.0 Å². The molecule has 0 amide bonds. The van der Waals surface area contributed by atoms with E-state index in [9.17, 15) is 4.79 Å². The lowest BCUT2D eigenvalue weighted by molar-refractivity contribution is -0.143. The van der Waals surface area contributed by atoms with Crippen LogP contribution in [0, 0.1) is 0 Å². The van der Waals surface area contributed by atoms with Crippen LogP contribution in [0.2, 0.25) is 0 Å². The minimum atomic E-state index is -0.178. The third-order valence-electron chi connectivity index (χ3n) is 3.59. The highest BCUT2D eigenvalue weighted by Gasteiger charge is 2.25. The first-order valence-electron chi connectivity index (χ1n) is 7.38. The van der Waals surface area contributed by atoms with E-state index in [-0.39, 0.29) is 12.0 Å². The van der Waals surface area contributed by atoms with Gasteiger partial charge in [0, 0.05) is 23.6 Å². The Bertz CT molecular complexity index is 501. The Kier molecular flexibility index (Phi) is 5.44. The molecular formula is C16H23NO4. The highest BCUT2D eigenvalue weighted by molar-refractivity contribution is 5.69.